The van der Waals surface area contributed by atoms with Crippen molar-refractivity contribution >= 4 is 11.9 Å². The van der Waals surface area contributed by atoms with Crippen molar-refractivity contribution in [3.8, 4) is 0 Å². The Bertz CT molecular complexity index is 375. The molecule has 0 aromatic rings. The summed E-state index contributed by atoms with van der Waals surface area (Å²) in [6.45, 7) is 12.7. The van der Waals surface area contributed by atoms with E-state index in [1.165, 1.54) is 0 Å². The van der Waals surface area contributed by atoms with Gasteiger partial charge in [0.25, 0.3) is 0 Å². The molecule has 2 heterocycles. The van der Waals surface area contributed by atoms with E-state index >= 15 is 0 Å². The molecule has 114 valence electrons. The number of carbonyl (C=O) groups excluding carboxylic acids is 2. The number of fused-ring (bicyclic) bond motifs is 1. The predicted octanol–water partition coefficient (Wildman–Crippen LogP) is 2.94. The number of carbonyl (C=O) groups is 2. The fraction of sp³-hybridized carbons (Fsp3) is 0.875. The van der Waals surface area contributed by atoms with Crippen molar-refractivity contribution < 1.29 is 19.1 Å². The van der Waals surface area contributed by atoms with Crippen molar-refractivity contribution in [2.24, 2.45) is 22.7 Å². The minimum absolute atomic E-state index is 0.0533. The third-order valence-corrected chi connectivity index (χ3v) is 3.91. The summed E-state index contributed by atoms with van der Waals surface area (Å²) >= 11 is 0. The van der Waals surface area contributed by atoms with Crippen LogP contribution >= 0.6 is 0 Å². The van der Waals surface area contributed by atoms with Gasteiger partial charge in [-0.1, -0.05) is 41.5 Å². The molecule has 0 saturated carbocycles. The second-order valence-corrected chi connectivity index (χ2v) is 8.53. The van der Waals surface area contributed by atoms with E-state index in [2.05, 4.69) is 41.5 Å². The van der Waals surface area contributed by atoms with Gasteiger partial charge >= 0.3 is 11.9 Å². The summed E-state index contributed by atoms with van der Waals surface area (Å²) in [4.78, 5) is 23.9. The SMILES string of the molecule is CC(C)(C)CC1OC(CC(C)(C)C)C2C(=O)OC(=O)C12. The summed E-state index contributed by atoms with van der Waals surface area (Å²) in [6, 6.07) is 0. The molecule has 2 fully saturated rings. The highest BCUT2D eigenvalue weighted by molar-refractivity contribution is 5.97. The van der Waals surface area contributed by atoms with E-state index in [1.807, 2.05) is 0 Å². The maximum atomic E-state index is 12.0. The van der Waals surface area contributed by atoms with Crippen molar-refractivity contribution in [3.05, 3.63) is 0 Å². The summed E-state index contributed by atoms with van der Waals surface area (Å²) in [6.07, 6.45) is 1.12. The van der Waals surface area contributed by atoms with Gasteiger partial charge in [-0.15, -0.1) is 0 Å². The third-order valence-electron chi connectivity index (χ3n) is 3.91. The lowest BCUT2D eigenvalue weighted by atomic mass is 9.78. The maximum absolute atomic E-state index is 12.0. The number of esters is 2. The minimum Gasteiger partial charge on any atom is -0.393 e. The van der Waals surface area contributed by atoms with Crippen LogP contribution in [0.2, 0.25) is 0 Å². The van der Waals surface area contributed by atoms with E-state index in [0.717, 1.165) is 12.8 Å². The zero-order valence-corrected chi connectivity index (χ0v) is 13.4. The first kappa shape index (κ1) is 15.5. The maximum Gasteiger partial charge on any atom is 0.320 e. The summed E-state index contributed by atoms with van der Waals surface area (Å²) in [5.74, 6) is -1.61. The number of hydrogen-bond acceptors (Lipinski definition) is 4. The van der Waals surface area contributed by atoms with E-state index in [4.69, 9.17) is 9.47 Å². The van der Waals surface area contributed by atoms with E-state index in [0.29, 0.717) is 0 Å². The van der Waals surface area contributed by atoms with Crippen LogP contribution in [0.25, 0.3) is 0 Å². The lowest BCUT2D eigenvalue weighted by Crippen LogP contribution is -2.28. The van der Waals surface area contributed by atoms with Crippen LogP contribution in [0.4, 0.5) is 0 Å². The molecule has 4 unspecified atom stereocenters. The van der Waals surface area contributed by atoms with E-state index in [1.54, 1.807) is 0 Å². The van der Waals surface area contributed by atoms with Crippen LogP contribution in [-0.4, -0.2) is 24.1 Å². The lowest BCUT2D eigenvalue weighted by Gasteiger charge is -2.27. The fourth-order valence-corrected chi connectivity index (χ4v) is 3.25. The third kappa shape index (κ3) is 3.22. The van der Waals surface area contributed by atoms with Gasteiger partial charge in [-0.3, -0.25) is 9.59 Å². The van der Waals surface area contributed by atoms with Gasteiger partial charge < -0.3 is 9.47 Å². The molecular formula is C16H26O4. The standard InChI is InChI=1S/C16H26O4/c1-15(2,3)7-9-11-12(14(18)20-13(11)17)10(19-9)8-16(4,5)6/h9-12H,7-8H2,1-6H3. The molecule has 0 N–H and O–H groups in total. The zero-order valence-electron chi connectivity index (χ0n) is 13.4. The molecule has 4 nitrogen and oxygen atoms in total. The van der Waals surface area contributed by atoms with Crippen LogP contribution in [-0.2, 0) is 19.1 Å². The fourth-order valence-electron chi connectivity index (χ4n) is 3.25. The molecule has 0 amide bonds. The number of rotatable bonds is 2. The minimum atomic E-state index is -0.408. The molecule has 4 atom stereocenters. The number of cyclic esters (lactones) is 2. The van der Waals surface area contributed by atoms with E-state index in [9.17, 15) is 9.59 Å². The average molecular weight is 282 g/mol. The lowest BCUT2D eigenvalue weighted by molar-refractivity contribution is -0.158. The monoisotopic (exact) mass is 282 g/mol. The highest BCUT2D eigenvalue weighted by atomic mass is 16.6. The largest absolute Gasteiger partial charge is 0.393 e. The molecule has 2 aliphatic rings. The van der Waals surface area contributed by atoms with Crippen LogP contribution < -0.4 is 0 Å². The van der Waals surface area contributed by atoms with Gasteiger partial charge in [0.05, 0.1) is 24.0 Å². The molecule has 0 aromatic heterocycles. The first-order valence-corrected chi connectivity index (χ1v) is 7.39. The molecule has 4 heteroatoms. The Hall–Kier alpha value is -0.900. The van der Waals surface area contributed by atoms with Crippen molar-refractivity contribution in [1.82, 2.24) is 0 Å². The molecule has 2 saturated heterocycles. The van der Waals surface area contributed by atoms with Crippen LogP contribution in [0, 0.1) is 22.7 Å². The quantitative estimate of drug-likeness (QED) is 0.577. The normalized spacial score (nSPS) is 34.3. The topological polar surface area (TPSA) is 52.6 Å². The van der Waals surface area contributed by atoms with Gasteiger partial charge in [-0.25, -0.2) is 0 Å². The van der Waals surface area contributed by atoms with Crippen molar-refractivity contribution in [3.63, 3.8) is 0 Å². The van der Waals surface area contributed by atoms with Crippen LogP contribution in [0.3, 0.4) is 0 Å². The highest BCUT2D eigenvalue weighted by Gasteiger charge is 2.59. The van der Waals surface area contributed by atoms with Crippen LogP contribution in [0.5, 0.6) is 0 Å². The smallest absolute Gasteiger partial charge is 0.320 e. The predicted molar refractivity (Wildman–Crippen MR) is 74.9 cm³/mol. The summed E-state index contributed by atoms with van der Waals surface area (Å²) < 4.78 is 11.0. The number of ether oxygens (including phenoxy) is 2. The summed E-state index contributed by atoms with van der Waals surface area (Å²) in [7, 11) is 0. The highest BCUT2D eigenvalue weighted by Crippen LogP contribution is 2.46. The molecule has 0 aliphatic carbocycles. The first-order valence-electron chi connectivity index (χ1n) is 7.39. The van der Waals surface area contributed by atoms with Crippen LogP contribution in [0.1, 0.15) is 54.4 Å². The molecule has 2 rings (SSSR count). The molecule has 0 radical (unpaired) electrons. The van der Waals surface area contributed by atoms with Crippen molar-refractivity contribution in [2.45, 2.75) is 66.6 Å². The Morgan fingerprint density at radius 2 is 1.15 bits per heavy atom. The Labute approximate surface area is 121 Å². The van der Waals surface area contributed by atoms with Gasteiger partial charge in [-0.2, -0.15) is 0 Å². The second-order valence-electron chi connectivity index (χ2n) is 8.53. The molecule has 0 spiro atoms. The van der Waals surface area contributed by atoms with Gasteiger partial charge in [0.1, 0.15) is 0 Å². The summed E-state index contributed by atoms with van der Waals surface area (Å²) in [5.41, 5.74) is 0.107. The average Bonchev–Trinajstić information content (AvgIpc) is 2.64. The van der Waals surface area contributed by atoms with Gasteiger partial charge in [-0.05, 0) is 23.7 Å². The molecular weight excluding hydrogens is 256 g/mol. The van der Waals surface area contributed by atoms with Crippen molar-refractivity contribution in [1.29, 1.82) is 0 Å². The summed E-state index contributed by atoms with van der Waals surface area (Å²) in [5, 5.41) is 0. The Kier molecular flexibility index (Phi) is 3.74. The van der Waals surface area contributed by atoms with E-state index in [-0.39, 0.29) is 23.0 Å². The van der Waals surface area contributed by atoms with Gasteiger partial charge in [0.15, 0.2) is 0 Å². The molecule has 0 aromatic carbocycles. The Balaban J connectivity index is 2.21. The Morgan fingerprint density at radius 1 is 0.800 bits per heavy atom. The molecule has 2 aliphatic heterocycles. The zero-order chi connectivity index (χ0) is 15.3. The first-order chi connectivity index (χ1) is 8.98. The van der Waals surface area contributed by atoms with E-state index < -0.39 is 23.8 Å². The van der Waals surface area contributed by atoms with Crippen LogP contribution in [0.15, 0.2) is 0 Å². The Morgan fingerprint density at radius 3 is 1.45 bits per heavy atom. The molecule has 20 heavy (non-hydrogen) atoms. The second kappa shape index (κ2) is 4.83. The van der Waals surface area contributed by atoms with Gasteiger partial charge in [0.2, 0.25) is 0 Å². The van der Waals surface area contributed by atoms with Gasteiger partial charge in [0, 0.05) is 0 Å². The van der Waals surface area contributed by atoms with Crippen molar-refractivity contribution in [2.75, 3.05) is 0 Å². The number of hydrogen-bond donors (Lipinski definition) is 0. The molecule has 0 bridgehead atoms.